The Hall–Kier alpha value is -0.750. The summed E-state index contributed by atoms with van der Waals surface area (Å²) in [6, 6.07) is 1.36. The average molecular weight is 212 g/mol. The lowest BCUT2D eigenvalue weighted by Crippen LogP contribution is -1.92. The predicted octanol–water partition coefficient (Wildman–Crippen LogP) is 0.752. The summed E-state index contributed by atoms with van der Waals surface area (Å²) in [4.78, 5) is 0. The smallest absolute Gasteiger partial charge is 0.254 e. The van der Waals surface area contributed by atoms with Gasteiger partial charge in [-0.1, -0.05) is 0 Å². The third-order valence-corrected chi connectivity index (χ3v) is 2.02. The third-order valence-electron chi connectivity index (χ3n) is 1.06. The predicted molar refractivity (Wildman–Crippen MR) is 41.5 cm³/mol. The van der Waals surface area contributed by atoms with Crippen LogP contribution in [0, 0.1) is 0 Å². The number of nitrogens with zero attached hydrogens (tertiary/aromatic N) is 1. The van der Waals surface area contributed by atoms with E-state index in [0.29, 0.717) is 0 Å². The molecule has 0 spiro atoms. The van der Waals surface area contributed by atoms with Crippen molar-refractivity contribution >= 4 is 19.7 Å². The van der Waals surface area contributed by atoms with E-state index in [1.165, 1.54) is 13.2 Å². The maximum atomic E-state index is 10.5. The van der Waals surface area contributed by atoms with Crippen LogP contribution in [0.4, 0.5) is 0 Å². The van der Waals surface area contributed by atoms with Gasteiger partial charge < -0.3 is 9.26 Å². The van der Waals surface area contributed by atoms with Gasteiger partial charge in [0.05, 0.1) is 7.11 Å². The van der Waals surface area contributed by atoms with E-state index in [-0.39, 0.29) is 17.4 Å². The standard InChI is InChI=1S/C5H6ClNO4S/c1-10-5-2-4(11-7-5)3-12(6,8)9/h2H,3H2,1H3. The molecule has 7 heteroatoms. The minimum Gasteiger partial charge on any atom is -0.479 e. The summed E-state index contributed by atoms with van der Waals surface area (Å²) in [5.74, 6) is -0.00238. The van der Waals surface area contributed by atoms with Gasteiger partial charge in [-0.3, -0.25) is 0 Å². The number of aromatic nitrogens is 1. The second-order valence-corrected chi connectivity index (χ2v) is 4.80. The minimum atomic E-state index is -3.59. The highest BCUT2D eigenvalue weighted by atomic mass is 35.7. The van der Waals surface area contributed by atoms with Crippen LogP contribution in [0.5, 0.6) is 5.88 Å². The maximum absolute atomic E-state index is 10.5. The molecule has 1 rings (SSSR count). The third kappa shape index (κ3) is 2.71. The SMILES string of the molecule is COc1cc(CS(=O)(=O)Cl)on1. The topological polar surface area (TPSA) is 69.4 Å². The van der Waals surface area contributed by atoms with Crippen LogP contribution < -0.4 is 4.74 Å². The lowest BCUT2D eigenvalue weighted by atomic mass is 10.5. The molecule has 0 fully saturated rings. The first-order valence-corrected chi connectivity index (χ1v) is 5.41. The zero-order chi connectivity index (χ0) is 9.19. The summed E-state index contributed by atoms with van der Waals surface area (Å²) in [7, 11) is 2.77. The molecule has 0 aliphatic heterocycles. The van der Waals surface area contributed by atoms with Crippen molar-refractivity contribution in [2.24, 2.45) is 0 Å². The summed E-state index contributed by atoms with van der Waals surface area (Å²) in [6.45, 7) is 0. The zero-order valence-corrected chi connectivity index (χ0v) is 7.72. The summed E-state index contributed by atoms with van der Waals surface area (Å²) in [6.07, 6.45) is 0. The van der Waals surface area contributed by atoms with Gasteiger partial charge in [0.2, 0.25) is 9.05 Å². The van der Waals surface area contributed by atoms with Crippen LogP contribution in [-0.2, 0) is 14.8 Å². The first-order chi connectivity index (χ1) is 5.51. The van der Waals surface area contributed by atoms with Crippen molar-refractivity contribution in [3.8, 4) is 5.88 Å². The maximum Gasteiger partial charge on any atom is 0.254 e. The molecule has 0 aromatic carbocycles. The van der Waals surface area contributed by atoms with E-state index in [1.54, 1.807) is 0 Å². The number of hydrogen-bond donors (Lipinski definition) is 0. The van der Waals surface area contributed by atoms with Gasteiger partial charge >= 0.3 is 0 Å². The van der Waals surface area contributed by atoms with E-state index in [9.17, 15) is 8.42 Å². The number of hydrogen-bond acceptors (Lipinski definition) is 5. The molecule has 0 radical (unpaired) electrons. The number of halogens is 1. The molecule has 0 amide bonds. The van der Waals surface area contributed by atoms with Gasteiger partial charge in [-0.05, 0) is 5.16 Å². The van der Waals surface area contributed by atoms with Crippen LogP contribution in [0.2, 0.25) is 0 Å². The van der Waals surface area contributed by atoms with E-state index in [0.717, 1.165) is 0 Å². The lowest BCUT2D eigenvalue weighted by molar-refractivity contribution is 0.330. The summed E-state index contributed by atoms with van der Waals surface area (Å²) in [5, 5.41) is 3.40. The van der Waals surface area contributed by atoms with E-state index >= 15 is 0 Å². The lowest BCUT2D eigenvalue weighted by Gasteiger charge is -1.86. The molecule has 0 saturated heterocycles. The fourth-order valence-electron chi connectivity index (χ4n) is 0.628. The molecule has 1 aromatic heterocycles. The fraction of sp³-hybridized carbons (Fsp3) is 0.400. The van der Waals surface area contributed by atoms with Gasteiger partial charge in [0.15, 0.2) is 5.76 Å². The first-order valence-electron chi connectivity index (χ1n) is 2.93. The molecule has 5 nitrogen and oxygen atoms in total. The molecule has 12 heavy (non-hydrogen) atoms. The molecule has 0 saturated carbocycles. The summed E-state index contributed by atoms with van der Waals surface area (Å²) < 4.78 is 30.3. The second-order valence-electron chi connectivity index (χ2n) is 2.02. The van der Waals surface area contributed by atoms with Crippen molar-refractivity contribution in [1.82, 2.24) is 5.16 Å². The van der Waals surface area contributed by atoms with Crippen LogP contribution >= 0.6 is 10.7 Å². The molecule has 1 heterocycles. The molecule has 0 atom stereocenters. The molecule has 0 N–H and O–H groups in total. The van der Waals surface area contributed by atoms with Crippen LogP contribution in [0.1, 0.15) is 5.76 Å². The van der Waals surface area contributed by atoms with Crippen LogP contribution in [0.25, 0.3) is 0 Å². The van der Waals surface area contributed by atoms with Crippen molar-refractivity contribution in [3.63, 3.8) is 0 Å². The Morgan fingerprint density at radius 1 is 1.75 bits per heavy atom. The average Bonchev–Trinajstić information content (AvgIpc) is 2.32. The zero-order valence-electron chi connectivity index (χ0n) is 6.15. The molecular formula is C5H6ClNO4S. The molecule has 68 valence electrons. The van der Waals surface area contributed by atoms with Gasteiger partial charge in [-0.15, -0.1) is 0 Å². The van der Waals surface area contributed by atoms with E-state index in [2.05, 4.69) is 14.4 Å². The minimum absolute atomic E-state index is 0.154. The molecule has 0 bridgehead atoms. The van der Waals surface area contributed by atoms with Gasteiger partial charge in [-0.25, -0.2) is 8.42 Å². The Labute approximate surface area is 73.7 Å². The Kier molecular flexibility index (Phi) is 2.58. The van der Waals surface area contributed by atoms with Crippen molar-refractivity contribution in [1.29, 1.82) is 0 Å². The molecule has 0 aliphatic rings. The number of rotatable bonds is 3. The first kappa shape index (κ1) is 9.34. The van der Waals surface area contributed by atoms with Crippen molar-refractivity contribution in [2.75, 3.05) is 7.11 Å². The highest BCUT2D eigenvalue weighted by Crippen LogP contribution is 2.14. The normalized spacial score (nSPS) is 11.5. The Morgan fingerprint density at radius 2 is 2.42 bits per heavy atom. The summed E-state index contributed by atoms with van der Waals surface area (Å²) in [5.41, 5.74) is 0. The van der Waals surface area contributed by atoms with Gasteiger partial charge in [0.25, 0.3) is 5.88 Å². The molecule has 0 aliphatic carbocycles. The molecular weight excluding hydrogens is 206 g/mol. The molecule has 1 aromatic rings. The van der Waals surface area contributed by atoms with Crippen LogP contribution in [0.3, 0.4) is 0 Å². The van der Waals surface area contributed by atoms with Gasteiger partial charge in [-0.2, -0.15) is 0 Å². The van der Waals surface area contributed by atoms with Crippen molar-refractivity contribution in [3.05, 3.63) is 11.8 Å². The Balaban J connectivity index is 2.78. The highest BCUT2D eigenvalue weighted by molar-refractivity contribution is 8.13. The van der Waals surface area contributed by atoms with Crippen LogP contribution in [-0.4, -0.2) is 20.7 Å². The van der Waals surface area contributed by atoms with E-state index in [1.807, 2.05) is 0 Å². The monoisotopic (exact) mass is 211 g/mol. The van der Waals surface area contributed by atoms with Crippen molar-refractivity contribution in [2.45, 2.75) is 5.75 Å². The fourth-order valence-corrected chi connectivity index (χ4v) is 1.43. The van der Waals surface area contributed by atoms with Crippen molar-refractivity contribution < 1.29 is 17.7 Å². The van der Waals surface area contributed by atoms with Gasteiger partial charge in [0.1, 0.15) is 5.75 Å². The van der Waals surface area contributed by atoms with E-state index in [4.69, 9.17) is 10.7 Å². The van der Waals surface area contributed by atoms with E-state index < -0.39 is 9.05 Å². The number of ether oxygens (including phenoxy) is 1. The number of methoxy groups -OCH3 is 1. The quantitative estimate of drug-likeness (QED) is 0.690. The molecule has 0 unspecified atom stereocenters. The Morgan fingerprint density at radius 3 is 2.83 bits per heavy atom. The Bertz CT molecular complexity index is 357. The highest BCUT2D eigenvalue weighted by Gasteiger charge is 2.12. The van der Waals surface area contributed by atoms with Gasteiger partial charge in [0, 0.05) is 16.7 Å². The van der Waals surface area contributed by atoms with Crippen LogP contribution in [0.15, 0.2) is 10.6 Å². The largest absolute Gasteiger partial charge is 0.479 e. The second kappa shape index (κ2) is 3.32. The summed E-state index contributed by atoms with van der Waals surface area (Å²) >= 11 is 0.